The van der Waals surface area contributed by atoms with Gasteiger partial charge in [-0.3, -0.25) is 10.1 Å². The van der Waals surface area contributed by atoms with Gasteiger partial charge in [0.25, 0.3) is 5.69 Å². The molecule has 2 heterocycles. The zero-order valence-electron chi connectivity index (χ0n) is 19.5. The molecule has 0 saturated carbocycles. The van der Waals surface area contributed by atoms with Crippen LogP contribution < -0.4 is 10.0 Å². The van der Waals surface area contributed by atoms with E-state index in [9.17, 15) is 14.9 Å². The summed E-state index contributed by atoms with van der Waals surface area (Å²) in [6.07, 6.45) is 3.81. The summed E-state index contributed by atoms with van der Waals surface area (Å²) in [4.78, 5) is 22.4. The standard InChI is InChI=1S/C26H20BrN5O4S/c1-2-36-25(33)24-29-31(21-12-14-22(15-13-21)32(34)35)26(37-24)17-16-23(18-8-10-19(27)11-9-18)28-30(26)20-6-4-3-5-7-20/h3-17H,2H2,1H3/t26-/m0/s1. The third-order valence-electron chi connectivity index (χ3n) is 5.61. The first-order valence-electron chi connectivity index (χ1n) is 11.3. The van der Waals surface area contributed by atoms with Gasteiger partial charge in [-0.2, -0.15) is 10.2 Å². The lowest BCUT2D eigenvalue weighted by Crippen LogP contribution is -2.53. The summed E-state index contributed by atoms with van der Waals surface area (Å²) in [7, 11) is 0. The lowest BCUT2D eigenvalue weighted by Gasteiger charge is -2.43. The average Bonchev–Trinajstić information content (AvgIpc) is 3.30. The van der Waals surface area contributed by atoms with Crippen molar-refractivity contribution < 1.29 is 14.5 Å². The number of allylic oxidation sites excluding steroid dienone is 1. The van der Waals surface area contributed by atoms with Gasteiger partial charge in [-0.25, -0.2) is 14.8 Å². The van der Waals surface area contributed by atoms with E-state index in [-0.39, 0.29) is 17.3 Å². The number of nitrogens with zero attached hydrogens (tertiary/aromatic N) is 5. The third kappa shape index (κ3) is 4.75. The molecule has 1 atom stereocenters. The normalized spacial score (nSPS) is 18.5. The Balaban J connectivity index is 1.65. The predicted molar refractivity (Wildman–Crippen MR) is 149 cm³/mol. The molecule has 37 heavy (non-hydrogen) atoms. The molecule has 186 valence electrons. The predicted octanol–water partition coefficient (Wildman–Crippen LogP) is 5.92. The Morgan fingerprint density at radius 1 is 1.00 bits per heavy atom. The second-order valence-corrected chi connectivity index (χ2v) is 10.1. The van der Waals surface area contributed by atoms with Gasteiger partial charge in [-0.1, -0.05) is 46.3 Å². The third-order valence-corrected chi connectivity index (χ3v) is 7.36. The van der Waals surface area contributed by atoms with E-state index in [1.165, 1.54) is 23.9 Å². The molecule has 5 rings (SSSR count). The van der Waals surface area contributed by atoms with Crippen LogP contribution in [-0.2, 0) is 9.53 Å². The van der Waals surface area contributed by atoms with Crippen LogP contribution in [0.3, 0.4) is 0 Å². The van der Waals surface area contributed by atoms with Crippen molar-refractivity contribution in [1.29, 1.82) is 0 Å². The number of hydrogen-bond acceptors (Lipinski definition) is 9. The van der Waals surface area contributed by atoms with Crippen LogP contribution in [0.5, 0.6) is 0 Å². The van der Waals surface area contributed by atoms with Crippen LogP contribution in [0, 0.1) is 10.1 Å². The Bertz CT molecular complexity index is 1430. The van der Waals surface area contributed by atoms with E-state index in [2.05, 4.69) is 21.0 Å². The smallest absolute Gasteiger partial charge is 0.365 e. The second-order valence-electron chi connectivity index (χ2n) is 7.94. The monoisotopic (exact) mass is 577 g/mol. The highest BCUT2D eigenvalue weighted by atomic mass is 79.9. The highest BCUT2D eigenvalue weighted by Crippen LogP contribution is 2.48. The molecule has 0 bridgehead atoms. The number of ether oxygens (including phenoxy) is 1. The number of hydrogen-bond donors (Lipinski definition) is 0. The van der Waals surface area contributed by atoms with E-state index in [1.807, 2.05) is 66.7 Å². The number of hydrazone groups is 2. The molecule has 0 aromatic heterocycles. The van der Waals surface area contributed by atoms with Gasteiger partial charge in [0, 0.05) is 22.2 Å². The summed E-state index contributed by atoms with van der Waals surface area (Å²) in [5, 5.41) is 24.4. The lowest BCUT2D eigenvalue weighted by atomic mass is 10.1. The summed E-state index contributed by atoms with van der Waals surface area (Å²) < 4.78 is 6.20. The van der Waals surface area contributed by atoms with E-state index in [1.54, 1.807) is 29.1 Å². The van der Waals surface area contributed by atoms with Crippen LogP contribution in [0.1, 0.15) is 12.5 Å². The van der Waals surface area contributed by atoms with Crippen LogP contribution in [-0.4, -0.2) is 33.2 Å². The Labute approximate surface area is 225 Å². The quantitative estimate of drug-likeness (QED) is 0.203. The van der Waals surface area contributed by atoms with Crippen LogP contribution in [0.4, 0.5) is 17.1 Å². The van der Waals surface area contributed by atoms with E-state index < -0.39 is 15.9 Å². The number of nitro benzene ring substituents is 1. The van der Waals surface area contributed by atoms with Gasteiger partial charge < -0.3 is 4.74 Å². The van der Waals surface area contributed by atoms with Crippen LogP contribution in [0.15, 0.2) is 106 Å². The number of anilines is 2. The number of non-ortho nitro benzene ring substituents is 1. The SMILES string of the molecule is CCOC(=O)C1=NN(c2ccc([N+](=O)[O-])cc2)[C@@]2(C=CC(c3ccc(Br)cc3)=NN2c2ccccc2)S1. The Hall–Kier alpha value is -3.96. The molecule has 11 heteroatoms. The Kier molecular flexibility index (Phi) is 6.81. The number of thioether (sulfide) groups is 1. The summed E-state index contributed by atoms with van der Waals surface area (Å²) in [5.41, 5.74) is 2.89. The molecule has 0 N–H and O–H groups in total. The minimum absolute atomic E-state index is 0.0473. The van der Waals surface area contributed by atoms with E-state index in [4.69, 9.17) is 9.84 Å². The summed E-state index contributed by atoms with van der Waals surface area (Å²) in [6.45, 7) is 1.93. The topological polar surface area (TPSA) is 101 Å². The molecule has 9 nitrogen and oxygen atoms in total. The van der Waals surface area contributed by atoms with Crippen LogP contribution >= 0.6 is 27.7 Å². The van der Waals surface area contributed by atoms with Gasteiger partial charge in [0.1, 0.15) is 0 Å². The number of halogens is 1. The lowest BCUT2D eigenvalue weighted by molar-refractivity contribution is -0.384. The molecule has 0 radical (unpaired) electrons. The molecule has 0 aliphatic carbocycles. The van der Waals surface area contributed by atoms with Crippen LogP contribution in [0.25, 0.3) is 0 Å². The molecule has 2 aliphatic rings. The summed E-state index contributed by atoms with van der Waals surface area (Å²) in [6, 6.07) is 23.4. The molecule has 0 saturated heterocycles. The highest BCUT2D eigenvalue weighted by molar-refractivity contribution is 9.10. The van der Waals surface area contributed by atoms with Crippen molar-refractivity contribution in [2.24, 2.45) is 10.2 Å². The number of rotatable bonds is 6. The van der Waals surface area contributed by atoms with Gasteiger partial charge in [0.15, 0.2) is 0 Å². The number of esters is 1. The Morgan fingerprint density at radius 3 is 2.30 bits per heavy atom. The van der Waals surface area contributed by atoms with Gasteiger partial charge in [0.05, 0.1) is 28.6 Å². The fourth-order valence-electron chi connectivity index (χ4n) is 3.90. The number of carbonyl (C=O) groups excluding carboxylic acids is 1. The van der Waals surface area contributed by atoms with Crippen molar-refractivity contribution in [1.82, 2.24) is 0 Å². The Morgan fingerprint density at radius 2 is 1.65 bits per heavy atom. The average molecular weight is 578 g/mol. The molecule has 3 aromatic rings. The first-order chi connectivity index (χ1) is 17.9. The van der Waals surface area contributed by atoms with Crippen LogP contribution in [0.2, 0.25) is 0 Å². The molecule has 1 spiro atoms. The fraction of sp³-hybridized carbons (Fsp3) is 0.115. The van der Waals surface area contributed by atoms with Gasteiger partial charge in [0.2, 0.25) is 10.0 Å². The molecule has 0 amide bonds. The second kappa shape index (κ2) is 10.2. The number of para-hydroxylation sites is 1. The van der Waals surface area contributed by atoms with Crippen molar-refractivity contribution in [3.8, 4) is 0 Å². The van der Waals surface area contributed by atoms with Crippen molar-refractivity contribution in [3.05, 3.63) is 111 Å². The van der Waals surface area contributed by atoms with Gasteiger partial charge >= 0.3 is 5.97 Å². The molecule has 0 fully saturated rings. The zero-order chi connectivity index (χ0) is 26.0. The van der Waals surface area contributed by atoms with E-state index in [0.717, 1.165) is 21.4 Å². The van der Waals surface area contributed by atoms with Crippen molar-refractivity contribution >= 4 is 61.5 Å². The number of carbonyl (C=O) groups is 1. The molecule has 0 unspecified atom stereocenters. The molecular weight excluding hydrogens is 558 g/mol. The van der Waals surface area contributed by atoms with Crippen molar-refractivity contribution in [3.63, 3.8) is 0 Å². The zero-order valence-corrected chi connectivity index (χ0v) is 21.9. The van der Waals surface area contributed by atoms with Crippen molar-refractivity contribution in [2.45, 2.75) is 11.9 Å². The maximum Gasteiger partial charge on any atom is 0.365 e. The first kappa shape index (κ1) is 24.7. The van der Waals surface area contributed by atoms with E-state index >= 15 is 0 Å². The number of benzene rings is 3. The largest absolute Gasteiger partial charge is 0.461 e. The minimum atomic E-state index is -1.11. The number of nitro groups is 1. The molecular formula is C26H20BrN5O4S. The van der Waals surface area contributed by atoms with Gasteiger partial charge in [-0.05, 0) is 67.2 Å². The summed E-state index contributed by atoms with van der Waals surface area (Å²) >= 11 is 4.66. The van der Waals surface area contributed by atoms with Gasteiger partial charge in [-0.15, -0.1) is 0 Å². The summed E-state index contributed by atoms with van der Waals surface area (Å²) in [5.74, 6) is -0.555. The van der Waals surface area contributed by atoms with E-state index in [0.29, 0.717) is 5.69 Å². The molecule has 3 aromatic carbocycles. The maximum atomic E-state index is 12.8. The minimum Gasteiger partial charge on any atom is -0.461 e. The molecule has 2 aliphatic heterocycles. The highest BCUT2D eigenvalue weighted by Gasteiger charge is 2.52. The fourth-order valence-corrected chi connectivity index (χ4v) is 5.31. The maximum absolute atomic E-state index is 12.8. The van der Waals surface area contributed by atoms with Crippen molar-refractivity contribution in [2.75, 3.05) is 16.6 Å². The first-order valence-corrected chi connectivity index (χ1v) is 12.9.